The fourth-order valence-electron chi connectivity index (χ4n) is 4.29. The van der Waals surface area contributed by atoms with Crippen LogP contribution >= 0.6 is 11.6 Å². The lowest BCUT2D eigenvalue weighted by Gasteiger charge is -2.44. The Kier molecular flexibility index (Phi) is 8.91. The maximum atomic E-state index is 13.4. The van der Waals surface area contributed by atoms with Crippen molar-refractivity contribution in [3.05, 3.63) is 70.5 Å². The van der Waals surface area contributed by atoms with E-state index in [0.717, 1.165) is 17.7 Å². The van der Waals surface area contributed by atoms with E-state index in [2.05, 4.69) is 22.5 Å². The highest BCUT2D eigenvalue weighted by Gasteiger charge is 2.33. The molecule has 0 aliphatic carbocycles. The van der Waals surface area contributed by atoms with Gasteiger partial charge in [0.15, 0.2) is 0 Å². The van der Waals surface area contributed by atoms with Crippen molar-refractivity contribution in [2.75, 3.05) is 13.1 Å². The van der Waals surface area contributed by atoms with Crippen LogP contribution < -0.4 is 10.6 Å². The third-order valence-electron chi connectivity index (χ3n) is 6.11. The molecule has 0 aromatic heterocycles. The minimum atomic E-state index is -0.469. The zero-order valence-corrected chi connectivity index (χ0v) is 21.0. The van der Waals surface area contributed by atoms with Crippen molar-refractivity contribution in [2.45, 2.75) is 64.8 Å². The van der Waals surface area contributed by atoms with Crippen LogP contribution in [0.15, 0.2) is 48.5 Å². The largest absolute Gasteiger partial charge is 0.337 e. The molecule has 2 aromatic rings. The van der Waals surface area contributed by atoms with Crippen LogP contribution in [-0.2, 0) is 11.3 Å². The Morgan fingerprint density at radius 1 is 1.00 bits per heavy atom. The zero-order valence-electron chi connectivity index (χ0n) is 20.2. The number of amides is 3. The predicted octanol–water partition coefficient (Wildman–Crippen LogP) is 4.74. The number of halogens is 2. The number of hydrogen-bond acceptors (Lipinski definition) is 3. The molecule has 1 saturated heterocycles. The summed E-state index contributed by atoms with van der Waals surface area (Å²) in [6, 6.07) is 13.1. The summed E-state index contributed by atoms with van der Waals surface area (Å²) in [5, 5.41) is 6.37. The van der Waals surface area contributed by atoms with E-state index in [4.69, 9.17) is 11.6 Å². The molecule has 34 heavy (non-hydrogen) atoms. The molecule has 6 nitrogen and oxygen atoms in total. The summed E-state index contributed by atoms with van der Waals surface area (Å²) in [5.41, 5.74) is 1.87. The van der Waals surface area contributed by atoms with E-state index in [1.165, 1.54) is 12.1 Å². The second kappa shape index (κ2) is 11.7. The summed E-state index contributed by atoms with van der Waals surface area (Å²) in [6.45, 7) is 9.92. The van der Waals surface area contributed by atoms with Crippen molar-refractivity contribution < 1.29 is 14.0 Å². The van der Waals surface area contributed by atoms with E-state index in [-0.39, 0.29) is 42.3 Å². The third kappa shape index (κ3) is 7.18. The maximum absolute atomic E-state index is 13.4. The second-order valence-corrected chi connectivity index (χ2v) is 9.82. The number of urea groups is 1. The third-order valence-corrected chi connectivity index (χ3v) is 6.36. The Labute approximate surface area is 206 Å². The van der Waals surface area contributed by atoms with Crippen LogP contribution in [0, 0.1) is 5.82 Å². The molecule has 2 aromatic carbocycles. The van der Waals surface area contributed by atoms with Crippen molar-refractivity contribution in [1.82, 2.24) is 20.4 Å². The molecule has 1 aliphatic rings. The molecular weight excluding hydrogens is 455 g/mol. The molecule has 0 saturated carbocycles. The first-order chi connectivity index (χ1) is 16.1. The summed E-state index contributed by atoms with van der Waals surface area (Å²) in [4.78, 5) is 30.0. The average Bonchev–Trinajstić information content (AvgIpc) is 2.77. The lowest BCUT2D eigenvalue weighted by atomic mass is 10.0. The maximum Gasteiger partial charge on any atom is 0.315 e. The number of nitrogens with zero attached hydrogens (tertiary/aromatic N) is 2. The normalized spacial score (nSPS) is 19.7. The van der Waals surface area contributed by atoms with Crippen molar-refractivity contribution in [3.63, 3.8) is 0 Å². The van der Waals surface area contributed by atoms with Crippen LogP contribution in [0.3, 0.4) is 0 Å². The van der Waals surface area contributed by atoms with Gasteiger partial charge >= 0.3 is 6.03 Å². The number of carbonyl (C=O) groups excluding carboxylic acids is 2. The number of benzene rings is 2. The number of hydrogen-bond donors (Lipinski definition) is 2. The number of piperazine rings is 1. The van der Waals surface area contributed by atoms with Gasteiger partial charge in [-0.05, 0) is 63.1 Å². The molecule has 1 fully saturated rings. The van der Waals surface area contributed by atoms with Crippen molar-refractivity contribution in [2.24, 2.45) is 0 Å². The molecule has 3 atom stereocenters. The van der Waals surface area contributed by atoms with Crippen molar-refractivity contribution in [1.29, 1.82) is 0 Å². The Balaban J connectivity index is 1.67. The van der Waals surface area contributed by atoms with Gasteiger partial charge in [0.2, 0.25) is 5.91 Å². The Morgan fingerprint density at radius 3 is 2.26 bits per heavy atom. The zero-order chi connectivity index (χ0) is 24.8. The van der Waals surface area contributed by atoms with Gasteiger partial charge in [-0.1, -0.05) is 35.9 Å². The Bertz CT molecular complexity index is 968. The van der Waals surface area contributed by atoms with Gasteiger partial charge in [0.1, 0.15) is 5.82 Å². The van der Waals surface area contributed by atoms with E-state index >= 15 is 0 Å². The Morgan fingerprint density at radius 2 is 1.65 bits per heavy atom. The number of rotatable bonds is 7. The standard InChI is InChI=1S/C26H34ClFN4O2/c1-17(2)29-26(34)30-24(21-7-9-22(27)10-8-21)13-25(33)32-15-18(3)31(14-19(32)4)16-20-5-11-23(28)12-6-20/h5-12,17-19,24H,13-16H2,1-4H3,(H2,29,30,34)/t18-,19+,24?/m1/s1. The van der Waals surface area contributed by atoms with Gasteiger partial charge in [0, 0.05) is 42.8 Å². The molecular formula is C26H34ClFN4O2. The first-order valence-electron chi connectivity index (χ1n) is 11.7. The van der Waals surface area contributed by atoms with Gasteiger partial charge in [-0.2, -0.15) is 0 Å². The molecule has 8 heteroatoms. The van der Waals surface area contributed by atoms with Crippen LogP contribution in [-0.4, -0.2) is 53.0 Å². The molecule has 3 rings (SSSR count). The van der Waals surface area contributed by atoms with E-state index in [1.54, 1.807) is 24.3 Å². The highest BCUT2D eigenvalue weighted by atomic mass is 35.5. The van der Waals surface area contributed by atoms with Crippen LogP contribution in [0.5, 0.6) is 0 Å². The smallest absolute Gasteiger partial charge is 0.315 e. The average molecular weight is 489 g/mol. The van der Waals surface area contributed by atoms with Gasteiger partial charge in [0.05, 0.1) is 12.5 Å². The first-order valence-corrected chi connectivity index (χ1v) is 12.1. The number of nitrogens with one attached hydrogen (secondary N) is 2. The molecule has 1 aliphatic heterocycles. The molecule has 2 N–H and O–H groups in total. The molecule has 1 heterocycles. The fourth-order valence-corrected chi connectivity index (χ4v) is 4.42. The fraction of sp³-hybridized carbons (Fsp3) is 0.462. The minimum absolute atomic E-state index is 0.00872. The molecule has 0 bridgehead atoms. The molecule has 0 radical (unpaired) electrons. The Hall–Kier alpha value is -2.64. The topological polar surface area (TPSA) is 64.7 Å². The SMILES string of the molecule is CC(C)NC(=O)NC(CC(=O)N1C[C@@H](C)N(Cc2ccc(F)cc2)C[C@@H]1C)c1ccc(Cl)cc1. The monoisotopic (exact) mass is 488 g/mol. The van der Waals surface area contributed by atoms with E-state index < -0.39 is 6.04 Å². The van der Waals surface area contributed by atoms with E-state index in [1.807, 2.05) is 37.8 Å². The first kappa shape index (κ1) is 26.0. The molecule has 1 unspecified atom stereocenters. The number of carbonyl (C=O) groups is 2. The lowest BCUT2D eigenvalue weighted by molar-refractivity contribution is -0.137. The highest BCUT2D eigenvalue weighted by molar-refractivity contribution is 6.30. The summed E-state index contributed by atoms with van der Waals surface area (Å²) in [7, 11) is 0. The summed E-state index contributed by atoms with van der Waals surface area (Å²) >= 11 is 6.03. The van der Waals surface area contributed by atoms with Crippen LogP contribution in [0.2, 0.25) is 5.02 Å². The predicted molar refractivity (Wildman–Crippen MR) is 133 cm³/mol. The summed E-state index contributed by atoms with van der Waals surface area (Å²) in [6.07, 6.45) is 0.155. The highest BCUT2D eigenvalue weighted by Crippen LogP contribution is 2.24. The van der Waals surface area contributed by atoms with Crippen molar-refractivity contribution in [3.8, 4) is 0 Å². The van der Waals surface area contributed by atoms with E-state index in [9.17, 15) is 14.0 Å². The summed E-state index contributed by atoms with van der Waals surface area (Å²) in [5.74, 6) is -0.253. The van der Waals surface area contributed by atoms with Gasteiger partial charge in [0.25, 0.3) is 0 Å². The van der Waals surface area contributed by atoms with Crippen LogP contribution in [0.1, 0.15) is 51.3 Å². The summed E-state index contributed by atoms with van der Waals surface area (Å²) < 4.78 is 13.2. The van der Waals surface area contributed by atoms with Crippen molar-refractivity contribution >= 4 is 23.5 Å². The minimum Gasteiger partial charge on any atom is -0.337 e. The van der Waals surface area contributed by atoms with Gasteiger partial charge in [-0.25, -0.2) is 9.18 Å². The van der Waals surface area contributed by atoms with Crippen LogP contribution in [0.25, 0.3) is 0 Å². The molecule has 3 amide bonds. The van der Waals surface area contributed by atoms with E-state index in [0.29, 0.717) is 18.1 Å². The van der Waals surface area contributed by atoms with Gasteiger partial charge in [-0.3, -0.25) is 9.69 Å². The lowest BCUT2D eigenvalue weighted by Crippen LogP contribution is -2.58. The van der Waals surface area contributed by atoms with Gasteiger partial charge in [-0.15, -0.1) is 0 Å². The second-order valence-electron chi connectivity index (χ2n) is 9.38. The van der Waals surface area contributed by atoms with Crippen LogP contribution in [0.4, 0.5) is 9.18 Å². The molecule has 184 valence electrons. The molecule has 0 spiro atoms. The van der Waals surface area contributed by atoms with Gasteiger partial charge < -0.3 is 15.5 Å². The quantitative estimate of drug-likeness (QED) is 0.591.